The molecule has 0 aromatic heterocycles. The summed E-state index contributed by atoms with van der Waals surface area (Å²) < 4.78 is 5.75. The van der Waals surface area contributed by atoms with Gasteiger partial charge in [0.15, 0.2) is 0 Å². The van der Waals surface area contributed by atoms with Crippen molar-refractivity contribution >= 4 is 23.8 Å². The number of carbonyl (C=O) groups excluding carboxylic acids is 2. The van der Waals surface area contributed by atoms with E-state index in [0.29, 0.717) is 36.6 Å². The normalized spacial score (nSPS) is 17.6. The zero-order chi connectivity index (χ0) is 20.8. The number of hydrogen-bond acceptors (Lipinski definition) is 5. The number of rotatable bonds is 7. The minimum absolute atomic E-state index is 0.0302. The van der Waals surface area contributed by atoms with E-state index in [1.54, 1.807) is 29.2 Å². The van der Waals surface area contributed by atoms with E-state index in [9.17, 15) is 9.59 Å². The molecule has 1 aliphatic heterocycles. The zero-order valence-electron chi connectivity index (χ0n) is 15.8. The zero-order valence-corrected chi connectivity index (χ0v) is 15.8. The van der Waals surface area contributed by atoms with E-state index in [4.69, 9.17) is 21.9 Å². The highest BCUT2D eigenvalue weighted by Gasteiger charge is 2.23. The quantitative estimate of drug-likeness (QED) is 0.281. The molecule has 3 rings (SSSR count). The maximum absolute atomic E-state index is 12.0. The number of primary amides is 1. The van der Waals surface area contributed by atoms with Crippen molar-refractivity contribution in [3.8, 4) is 11.5 Å². The van der Waals surface area contributed by atoms with Crippen molar-refractivity contribution in [1.29, 1.82) is 0 Å². The SMILES string of the molecule is NC(=O)C(C(N)=NC1CCN(C=O)C1)=C(N)c1ccc(Oc2ccccc2)cc1. The molecule has 0 bridgehead atoms. The molecule has 8 heteroatoms. The van der Waals surface area contributed by atoms with Gasteiger partial charge in [-0.1, -0.05) is 18.2 Å². The molecule has 1 aliphatic rings. The second-order valence-corrected chi connectivity index (χ2v) is 6.65. The molecule has 0 aliphatic carbocycles. The van der Waals surface area contributed by atoms with E-state index >= 15 is 0 Å². The van der Waals surface area contributed by atoms with Gasteiger partial charge in [-0.15, -0.1) is 0 Å². The summed E-state index contributed by atoms with van der Waals surface area (Å²) in [7, 11) is 0. The average molecular weight is 393 g/mol. The number of carbonyl (C=O) groups is 2. The Labute approximate surface area is 168 Å². The van der Waals surface area contributed by atoms with E-state index in [2.05, 4.69) is 4.99 Å². The molecule has 150 valence electrons. The van der Waals surface area contributed by atoms with Gasteiger partial charge in [-0.2, -0.15) is 0 Å². The Kier molecular flexibility index (Phi) is 6.13. The lowest BCUT2D eigenvalue weighted by Gasteiger charge is -2.12. The average Bonchev–Trinajstić information content (AvgIpc) is 3.16. The molecule has 1 atom stereocenters. The number of benzene rings is 2. The highest BCUT2D eigenvalue weighted by Crippen LogP contribution is 2.23. The highest BCUT2D eigenvalue weighted by molar-refractivity contribution is 6.24. The van der Waals surface area contributed by atoms with Gasteiger partial charge >= 0.3 is 0 Å². The number of amides is 2. The van der Waals surface area contributed by atoms with Gasteiger partial charge in [0.2, 0.25) is 6.41 Å². The number of aliphatic imine (C=N–C) groups is 1. The van der Waals surface area contributed by atoms with E-state index in [1.165, 1.54) is 0 Å². The van der Waals surface area contributed by atoms with Crippen LogP contribution in [0.5, 0.6) is 11.5 Å². The summed E-state index contributed by atoms with van der Waals surface area (Å²) in [5.41, 5.74) is 18.4. The second-order valence-electron chi connectivity index (χ2n) is 6.65. The summed E-state index contributed by atoms with van der Waals surface area (Å²) in [4.78, 5) is 28.8. The molecule has 2 aromatic rings. The maximum Gasteiger partial charge on any atom is 0.254 e. The molecule has 29 heavy (non-hydrogen) atoms. The monoisotopic (exact) mass is 393 g/mol. The summed E-state index contributed by atoms with van der Waals surface area (Å²) in [6.07, 6.45) is 1.43. The number of amidine groups is 1. The van der Waals surface area contributed by atoms with Crippen LogP contribution in [0, 0.1) is 0 Å². The van der Waals surface area contributed by atoms with Gasteiger partial charge < -0.3 is 26.8 Å². The Balaban J connectivity index is 1.82. The maximum atomic E-state index is 12.0. The number of nitrogens with zero attached hydrogens (tertiary/aromatic N) is 2. The lowest BCUT2D eigenvalue weighted by atomic mass is 10.0. The molecule has 1 heterocycles. The van der Waals surface area contributed by atoms with Crippen molar-refractivity contribution in [1.82, 2.24) is 4.90 Å². The summed E-state index contributed by atoms with van der Waals surface area (Å²) in [5, 5.41) is 0. The van der Waals surface area contributed by atoms with Crippen LogP contribution in [-0.2, 0) is 9.59 Å². The molecule has 1 saturated heterocycles. The molecule has 0 saturated carbocycles. The Morgan fingerprint density at radius 1 is 1.03 bits per heavy atom. The summed E-state index contributed by atoms with van der Waals surface area (Å²) >= 11 is 0. The molecule has 2 aromatic carbocycles. The van der Waals surface area contributed by atoms with Gasteiger partial charge in [-0.25, -0.2) is 0 Å². The fourth-order valence-electron chi connectivity index (χ4n) is 3.10. The molecular weight excluding hydrogens is 370 g/mol. The fraction of sp³-hybridized carbons (Fsp3) is 0.190. The lowest BCUT2D eigenvalue weighted by Crippen LogP contribution is -2.31. The minimum atomic E-state index is -0.765. The van der Waals surface area contributed by atoms with Crippen LogP contribution in [0.15, 0.2) is 65.2 Å². The van der Waals surface area contributed by atoms with Crippen molar-refractivity contribution in [3.63, 3.8) is 0 Å². The van der Waals surface area contributed by atoms with E-state index in [0.717, 1.165) is 6.41 Å². The largest absolute Gasteiger partial charge is 0.457 e. The van der Waals surface area contributed by atoms with Crippen LogP contribution < -0.4 is 21.9 Å². The topological polar surface area (TPSA) is 137 Å². The van der Waals surface area contributed by atoms with E-state index in [1.807, 2.05) is 30.3 Å². The van der Waals surface area contributed by atoms with Gasteiger partial charge in [-0.05, 0) is 48.4 Å². The summed E-state index contributed by atoms with van der Waals surface area (Å²) in [6.45, 7) is 1.04. The van der Waals surface area contributed by atoms with Gasteiger partial charge in [0.25, 0.3) is 5.91 Å². The first kappa shape index (κ1) is 19.9. The molecular formula is C21H23N5O3. The van der Waals surface area contributed by atoms with Gasteiger partial charge in [-0.3, -0.25) is 14.6 Å². The number of nitrogens with two attached hydrogens (primary N) is 3. The van der Waals surface area contributed by atoms with Crippen molar-refractivity contribution in [2.75, 3.05) is 13.1 Å². The van der Waals surface area contributed by atoms with Crippen LogP contribution in [0.1, 0.15) is 12.0 Å². The predicted octanol–water partition coefficient (Wildman–Crippen LogP) is 1.22. The molecule has 8 nitrogen and oxygen atoms in total. The van der Waals surface area contributed by atoms with Gasteiger partial charge in [0.1, 0.15) is 22.9 Å². The molecule has 1 fully saturated rings. The minimum Gasteiger partial charge on any atom is -0.457 e. The lowest BCUT2D eigenvalue weighted by molar-refractivity contribution is -0.117. The third-order valence-corrected chi connectivity index (χ3v) is 4.58. The van der Waals surface area contributed by atoms with Crippen LogP contribution in [0.4, 0.5) is 0 Å². The Morgan fingerprint density at radius 3 is 2.28 bits per heavy atom. The summed E-state index contributed by atoms with van der Waals surface area (Å²) in [5.74, 6) is 0.532. The van der Waals surface area contributed by atoms with Crippen molar-refractivity contribution in [3.05, 3.63) is 65.7 Å². The Morgan fingerprint density at radius 2 is 1.69 bits per heavy atom. The molecule has 2 amide bonds. The summed E-state index contributed by atoms with van der Waals surface area (Å²) in [6, 6.07) is 16.1. The molecule has 6 N–H and O–H groups in total. The first-order valence-corrected chi connectivity index (χ1v) is 9.14. The molecule has 0 spiro atoms. The number of hydrogen-bond donors (Lipinski definition) is 3. The number of para-hydroxylation sites is 1. The van der Waals surface area contributed by atoms with Crippen molar-refractivity contribution in [2.45, 2.75) is 12.5 Å². The van der Waals surface area contributed by atoms with Crippen LogP contribution in [0.2, 0.25) is 0 Å². The number of ether oxygens (including phenoxy) is 1. The Bertz CT molecular complexity index is 939. The van der Waals surface area contributed by atoms with Crippen molar-refractivity contribution in [2.24, 2.45) is 22.2 Å². The smallest absolute Gasteiger partial charge is 0.254 e. The van der Waals surface area contributed by atoms with Crippen LogP contribution in [0.25, 0.3) is 5.70 Å². The first-order valence-electron chi connectivity index (χ1n) is 9.14. The second kappa shape index (κ2) is 8.92. The van der Waals surface area contributed by atoms with Crippen molar-refractivity contribution < 1.29 is 14.3 Å². The molecule has 0 radical (unpaired) electrons. The highest BCUT2D eigenvalue weighted by atomic mass is 16.5. The van der Waals surface area contributed by atoms with Crippen LogP contribution >= 0.6 is 0 Å². The first-order chi connectivity index (χ1) is 14.0. The Hall–Kier alpha value is -3.81. The number of likely N-dealkylation sites (tertiary alicyclic amines) is 1. The van der Waals surface area contributed by atoms with Gasteiger partial charge in [0.05, 0.1) is 11.7 Å². The molecule has 1 unspecified atom stereocenters. The van der Waals surface area contributed by atoms with E-state index < -0.39 is 5.91 Å². The van der Waals surface area contributed by atoms with Crippen LogP contribution in [0.3, 0.4) is 0 Å². The predicted molar refractivity (Wildman–Crippen MR) is 111 cm³/mol. The van der Waals surface area contributed by atoms with Crippen LogP contribution in [-0.4, -0.2) is 42.2 Å². The van der Waals surface area contributed by atoms with Gasteiger partial charge in [0, 0.05) is 13.1 Å². The third kappa shape index (κ3) is 4.92. The standard InChI is InChI=1S/C21H23N5O3/c22-19(14-6-8-17(9-7-14)29-16-4-2-1-3-5-16)18(21(24)28)20(23)25-15-10-11-26(12-15)13-27/h1-9,13,15H,10-12,22H2,(H2,23,25)(H2,24,28). The third-order valence-electron chi connectivity index (χ3n) is 4.58. The fourth-order valence-corrected chi connectivity index (χ4v) is 3.10. The van der Waals surface area contributed by atoms with E-state index in [-0.39, 0.29) is 23.1 Å².